The van der Waals surface area contributed by atoms with Gasteiger partial charge < -0.3 is 14.9 Å². The van der Waals surface area contributed by atoms with Crippen molar-refractivity contribution in [3.05, 3.63) is 11.5 Å². The molecular formula is C16H25N3O6S. The maximum Gasteiger partial charge on any atom is 0.308 e. The standard InChI is InChI=1S/C16H25N3O6S/c1-9(14(20)21)10(2)17-15(22)16(7-5-6-8-16)19-26(23,24)13-11(3)18-25-12(13)4/h9-10,19H,5-8H2,1-4H3,(H,17,22)(H,20,21). The van der Waals surface area contributed by atoms with Crippen molar-refractivity contribution in [2.75, 3.05) is 0 Å². The monoisotopic (exact) mass is 387 g/mol. The molecule has 0 aliphatic heterocycles. The van der Waals surface area contributed by atoms with E-state index in [-0.39, 0.29) is 16.3 Å². The first kappa shape index (κ1) is 20.4. The van der Waals surface area contributed by atoms with Gasteiger partial charge in [0, 0.05) is 6.04 Å². The van der Waals surface area contributed by atoms with Crippen molar-refractivity contribution in [3.63, 3.8) is 0 Å². The smallest absolute Gasteiger partial charge is 0.308 e. The van der Waals surface area contributed by atoms with Gasteiger partial charge >= 0.3 is 5.97 Å². The summed E-state index contributed by atoms with van der Waals surface area (Å²) in [7, 11) is -4.02. The molecule has 0 aromatic carbocycles. The van der Waals surface area contributed by atoms with Crippen LogP contribution in [0.5, 0.6) is 0 Å². The molecule has 10 heteroatoms. The van der Waals surface area contributed by atoms with Crippen molar-refractivity contribution in [2.45, 2.75) is 69.9 Å². The van der Waals surface area contributed by atoms with Crippen LogP contribution < -0.4 is 10.0 Å². The molecule has 146 valence electrons. The fraction of sp³-hybridized carbons (Fsp3) is 0.688. The summed E-state index contributed by atoms with van der Waals surface area (Å²) in [5, 5.41) is 15.4. The Bertz CT molecular complexity index is 775. The fourth-order valence-corrected chi connectivity index (χ4v) is 4.96. The second-order valence-electron chi connectivity index (χ2n) is 6.94. The van der Waals surface area contributed by atoms with Crippen molar-refractivity contribution < 1.29 is 27.6 Å². The summed E-state index contributed by atoms with van der Waals surface area (Å²) in [6.45, 7) is 6.08. The van der Waals surface area contributed by atoms with Crippen molar-refractivity contribution in [1.29, 1.82) is 0 Å². The Labute approximate surface area is 152 Å². The van der Waals surface area contributed by atoms with Gasteiger partial charge in [-0.05, 0) is 40.5 Å². The maximum atomic E-state index is 12.9. The number of aromatic nitrogens is 1. The van der Waals surface area contributed by atoms with Crippen LogP contribution >= 0.6 is 0 Å². The van der Waals surface area contributed by atoms with E-state index in [1.54, 1.807) is 6.92 Å². The number of amides is 1. The number of aliphatic carboxylic acids is 1. The minimum atomic E-state index is -4.02. The molecule has 0 radical (unpaired) electrons. The molecule has 1 amide bonds. The molecule has 2 unspecified atom stereocenters. The number of carbonyl (C=O) groups excluding carboxylic acids is 1. The Kier molecular flexibility index (Phi) is 5.76. The van der Waals surface area contributed by atoms with Crippen molar-refractivity contribution in [2.24, 2.45) is 5.92 Å². The Morgan fingerprint density at radius 1 is 1.23 bits per heavy atom. The van der Waals surface area contributed by atoms with Gasteiger partial charge in [0.05, 0.1) is 5.92 Å². The van der Waals surface area contributed by atoms with Gasteiger partial charge in [-0.1, -0.05) is 18.0 Å². The maximum absolute atomic E-state index is 12.9. The lowest BCUT2D eigenvalue weighted by molar-refractivity contribution is -0.142. The third kappa shape index (κ3) is 3.90. The van der Waals surface area contributed by atoms with Crippen LogP contribution in [0.1, 0.15) is 51.0 Å². The molecule has 1 fully saturated rings. The van der Waals surface area contributed by atoms with Crippen LogP contribution in [0, 0.1) is 19.8 Å². The number of carboxylic acid groups (broad SMARTS) is 1. The van der Waals surface area contributed by atoms with Gasteiger partial charge in [-0.3, -0.25) is 9.59 Å². The third-order valence-electron chi connectivity index (χ3n) is 4.96. The van der Waals surface area contributed by atoms with Crippen molar-refractivity contribution in [3.8, 4) is 0 Å². The second-order valence-corrected chi connectivity index (χ2v) is 8.56. The van der Waals surface area contributed by atoms with E-state index in [9.17, 15) is 18.0 Å². The van der Waals surface area contributed by atoms with E-state index in [1.807, 2.05) is 0 Å². The molecule has 1 aromatic heterocycles. The van der Waals surface area contributed by atoms with Crippen LogP contribution in [0.25, 0.3) is 0 Å². The fourth-order valence-electron chi connectivity index (χ4n) is 3.20. The van der Waals surface area contributed by atoms with Crippen LogP contribution in [0.15, 0.2) is 9.42 Å². The Hall–Kier alpha value is -1.94. The number of hydrogen-bond acceptors (Lipinski definition) is 6. The molecule has 9 nitrogen and oxygen atoms in total. The summed E-state index contributed by atoms with van der Waals surface area (Å²) in [6.07, 6.45) is 2.08. The van der Waals surface area contributed by atoms with Gasteiger partial charge in [-0.2, -0.15) is 4.72 Å². The van der Waals surface area contributed by atoms with Gasteiger partial charge in [0.15, 0.2) is 5.76 Å². The first-order chi connectivity index (χ1) is 12.0. The third-order valence-corrected chi connectivity index (χ3v) is 6.74. The molecule has 0 spiro atoms. The first-order valence-corrected chi connectivity index (χ1v) is 9.99. The Balaban J connectivity index is 2.27. The van der Waals surface area contributed by atoms with E-state index in [0.717, 1.165) is 0 Å². The highest BCUT2D eigenvalue weighted by Gasteiger charge is 2.46. The van der Waals surface area contributed by atoms with Crippen molar-refractivity contribution in [1.82, 2.24) is 15.2 Å². The minimum Gasteiger partial charge on any atom is -0.481 e. The van der Waals surface area contributed by atoms with Gasteiger partial charge in [0.1, 0.15) is 16.1 Å². The topological polar surface area (TPSA) is 139 Å². The molecule has 1 saturated carbocycles. The predicted octanol–water partition coefficient (Wildman–Crippen LogP) is 1.11. The highest BCUT2D eigenvalue weighted by atomic mass is 32.2. The normalized spacial score (nSPS) is 19.1. The largest absolute Gasteiger partial charge is 0.481 e. The number of carbonyl (C=O) groups is 2. The molecule has 2 atom stereocenters. The summed E-state index contributed by atoms with van der Waals surface area (Å²) in [5.74, 6) is -2.19. The average Bonchev–Trinajstić information content (AvgIpc) is 3.13. The number of sulfonamides is 1. The molecule has 1 heterocycles. The number of rotatable bonds is 7. The highest BCUT2D eigenvalue weighted by molar-refractivity contribution is 7.89. The number of nitrogens with one attached hydrogen (secondary N) is 2. The second kappa shape index (κ2) is 7.36. The highest BCUT2D eigenvalue weighted by Crippen LogP contribution is 2.33. The number of hydrogen-bond donors (Lipinski definition) is 3. The van der Waals surface area contributed by atoms with E-state index < -0.39 is 39.4 Å². The first-order valence-electron chi connectivity index (χ1n) is 8.51. The SMILES string of the molecule is Cc1noc(C)c1S(=O)(=O)NC1(C(=O)NC(C)C(C)C(=O)O)CCCC1. The van der Waals surface area contributed by atoms with Gasteiger partial charge in [0.2, 0.25) is 15.9 Å². The summed E-state index contributed by atoms with van der Waals surface area (Å²) >= 11 is 0. The minimum absolute atomic E-state index is 0.0662. The lowest BCUT2D eigenvalue weighted by atomic mass is 9.96. The molecule has 1 aliphatic carbocycles. The van der Waals surface area contributed by atoms with E-state index in [1.165, 1.54) is 20.8 Å². The molecular weight excluding hydrogens is 362 g/mol. The molecule has 2 rings (SSSR count). The quantitative estimate of drug-likeness (QED) is 0.637. The van der Waals surface area contributed by atoms with Crippen LogP contribution in [0.2, 0.25) is 0 Å². The van der Waals surface area contributed by atoms with Crippen LogP contribution in [0.4, 0.5) is 0 Å². The zero-order valence-electron chi connectivity index (χ0n) is 15.3. The van der Waals surface area contributed by atoms with Crippen molar-refractivity contribution >= 4 is 21.9 Å². The zero-order chi connectivity index (χ0) is 19.7. The lowest BCUT2D eigenvalue weighted by Gasteiger charge is -2.31. The van der Waals surface area contributed by atoms with E-state index in [2.05, 4.69) is 15.2 Å². The Morgan fingerprint density at radius 2 is 1.81 bits per heavy atom. The number of nitrogens with zero attached hydrogens (tertiary/aromatic N) is 1. The summed E-state index contributed by atoms with van der Waals surface area (Å²) in [5.41, 5.74) is -1.09. The molecule has 0 saturated heterocycles. The predicted molar refractivity (Wildman–Crippen MR) is 91.9 cm³/mol. The van der Waals surface area contributed by atoms with E-state index >= 15 is 0 Å². The molecule has 26 heavy (non-hydrogen) atoms. The van der Waals surface area contributed by atoms with Gasteiger partial charge in [-0.25, -0.2) is 8.42 Å². The van der Waals surface area contributed by atoms with E-state index in [4.69, 9.17) is 9.63 Å². The molecule has 1 aromatic rings. The Morgan fingerprint density at radius 3 is 2.27 bits per heavy atom. The summed E-state index contributed by atoms with van der Waals surface area (Å²) in [4.78, 5) is 23.9. The molecule has 0 bridgehead atoms. The molecule has 1 aliphatic rings. The summed E-state index contributed by atoms with van der Waals surface area (Å²) in [6, 6.07) is -0.638. The average molecular weight is 387 g/mol. The van der Waals surface area contributed by atoms with Gasteiger partial charge in [0.25, 0.3) is 0 Å². The van der Waals surface area contributed by atoms with Crippen LogP contribution in [-0.4, -0.2) is 42.1 Å². The van der Waals surface area contributed by atoms with Crippen LogP contribution in [-0.2, 0) is 19.6 Å². The number of aryl methyl sites for hydroxylation is 2. The molecule has 3 N–H and O–H groups in total. The number of carboxylic acids is 1. The lowest BCUT2D eigenvalue weighted by Crippen LogP contribution is -2.59. The van der Waals surface area contributed by atoms with E-state index in [0.29, 0.717) is 25.7 Å². The summed E-state index contributed by atoms with van der Waals surface area (Å²) < 4.78 is 33.2. The zero-order valence-corrected chi connectivity index (χ0v) is 16.1. The van der Waals surface area contributed by atoms with Gasteiger partial charge in [-0.15, -0.1) is 0 Å². The van der Waals surface area contributed by atoms with Crippen LogP contribution in [0.3, 0.4) is 0 Å².